The van der Waals surface area contributed by atoms with Gasteiger partial charge in [-0.1, -0.05) is 12.2 Å². The van der Waals surface area contributed by atoms with Gasteiger partial charge in [0.05, 0.1) is 0 Å². The van der Waals surface area contributed by atoms with Crippen molar-refractivity contribution < 1.29 is 19.2 Å². The van der Waals surface area contributed by atoms with Crippen molar-refractivity contribution in [3.05, 3.63) is 55.4 Å². The molecule has 11 heteroatoms. The summed E-state index contributed by atoms with van der Waals surface area (Å²) in [5, 5.41) is 4.87. The number of thiocarbonyl (C=S) groups is 2. The Labute approximate surface area is 189 Å². The third kappa shape index (κ3) is 4.14. The van der Waals surface area contributed by atoms with Crippen molar-refractivity contribution in [1.82, 2.24) is 25.4 Å². The van der Waals surface area contributed by atoms with Crippen LogP contribution in [0.5, 0.6) is 0 Å². The van der Waals surface area contributed by atoms with E-state index in [1.54, 1.807) is 12.1 Å². The van der Waals surface area contributed by atoms with Gasteiger partial charge in [0, 0.05) is 31.4 Å². The maximum Gasteiger partial charge on any atom is 0.242 e. The highest BCUT2D eigenvalue weighted by molar-refractivity contribution is 7.80. The van der Waals surface area contributed by atoms with Gasteiger partial charge in [-0.3, -0.25) is 34.0 Å². The number of nitrogens with zero attached hydrogens (tertiary/aromatic N) is 3. The van der Waals surface area contributed by atoms with E-state index < -0.39 is 41.4 Å². The average molecular weight is 458 g/mol. The molecule has 3 rings (SSSR count). The third-order valence-electron chi connectivity index (χ3n) is 5.01. The standard InChI is InChI=1S/C20H19N5O4S2/c1-3-9-24-17(28)13(15(26)22-19(24)30)12(11-5-7-21-8-6-11)14-16(27)23-20(31)25(10-4-2)18(14)29/h3-8,12-14H,1-2,9-10H2,(H,22,26,30)(H,23,27,31). The number of rotatable bonds is 7. The lowest BCUT2D eigenvalue weighted by molar-refractivity contribution is -0.147. The third-order valence-corrected chi connectivity index (χ3v) is 5.66. The van der Waals surface area contributed by atoms with E-state index in [1.807, 2.05) is 0 Å². The minimum Gasteiger partial charge on any atom is -0.302 e. The lowest BCUT2D eigenvalue weighted by Gasteiger charge is -2.40. The molecule has 2 atom stereocenters. The van der Waals surface area contributed by atoms with Crippen LogP contribution in [0, 0.1) is 11.8 Å². The van der Waals surface area contributed by atoms with Gasteiger partial charge < -0.3 is 10.6 Å². The number of aromatic nitrogens is 1. The second-order valence-corrected chi connectivity index (χ2v) is 7.60. The van der Waals surface area contributed by atoms with E-state index in [9.17, 15) is 19.2 Å². The highest BCUT2D eigenvalue weighted by Gasteiger charge is 2.52. The van der Waals surface area contributed by atoms with Crippen LogP contribution in [-0.4, -0.2) is 61.7 Å². The van der Waals surface area contributed by atoms with Crippen LogP contribution < -0.4 is 10.6 Å². The first-order valence-corrected chi connectivity index (χ1v) is 10.1. The molecule has 3 heterocycles. The SMILES string of the molecule is C=CCN1C(=O)C(C(c2ccncc2)C2C(=O)NC(=S)N(CC=C)C2=O)C(=O)NC1=S. The highest BCUT2D eigenvalue weighted by Crippen LogP contribution is 2.37. The Hall–Kier alpha value is -3.31. The van der Waals surface area contributed by atoms with Gasteiger partial charge in [0.1, 0.15) is 11.8 Å². The maximum absolute atomic E-state index is 13.3. The largest absolute Gasteiger partial charge is 0.302 e. The summed E-state index contributed by atoms with van der Waals surface area (Å²) >= 11 is 10.2. The normalized spacial score (nSPS) is 22.7. The van der Waals surface area contributed by atoms with Crippen LogP contribution in [-0.2, 0) is 19.2 Å². The van der Waals surface area contributed by atoms with E-state index in [4.69, 9.17) is 24.4 Å². The second kappa shape index (κ2) is 9.23. The fourth-order valence-corrected chi connectivity index (χ4v) is 4.19. The van der Waals surface area contributed by atoms with E-state index in [-0.39, 0.29) is 23.3 Å². The first-order chi connectivity index (χ1) is 14.8. The zero-order valence-electron chi connectivity index (χ0n) is 16.3. The fraction of sp³-hybridized carbons (Fsp3) is 0.250. The predicted molar refractivity (Wildman–Crippen MR) is 119 cm³/mol. The summed E-state index contributed by atoms with van der Waals surface area (Å²) in [6, 6.07) is 3.11. The van der Waals surface area contributed by atoms with E-state index >= 15 is 0 Å². The first kappa shape index (κ1) is 22.4. The summed E-state index contributed by atoms with van der Waals surface area (Å²) in [6.45, 7) is 7.33. The Kier molecular flexibility index (Phi) is 6.66. The number of hydrogen-bond donors (Lipinski definition) is 2. The monoisotopic (exact) mass is 457 g/mol. The molecule has 0 bridgehead atoms. The zero-order valence-corrected chi connectivity index (χ0v) is 17.9. The van der Waals surface area contributed by atoms with Crippen molar-refractivity contribution in [2.24, 2.45) is 11.8 Å². The molecule has 2 saturated heterocycles. The zero-order chi connectivity index (χ0) is 22.7. The molecule has 1 aromatic heterocycles. The van der Waals surface area contributed by atoms with Crippen LogP contribution in [0.1, 0.15) is 11.5 Å². The Morgan fingerprint density at radius 1 is 0.903 bits per heavy atom. The molecule has 2 aliphatic heterocycles. The van der Waals surface area contributed by atoms with Gasteiger partial charge in [-0.15, -0.1) is 13.2 Å². The van der Waals surface area contributed by atoms with Crippen LogP contribution in [0.25, 0.3) is 0 Å². The molecule has 2 aliphatic rings. The van der Waals surface area contributed by atoms with E-state index in [1.165, 1.54) is 34.3 Å². The number of nitrogens with one attached hydrogen (secondary N) is 2. The van der Waals surface area contributed by atoms with Crippen LogP contribution in [0.4, 0.5) is 0 Å². The Balaban J connectivity index is 2.13. The first-order valence-electron chi connectivity index (χ1n) is 9.26. The predicted octanol–water partition coefficient (Wildman–Crippen LogP) is 0.256. The molecule has 2 N–H and O–H groups in total. The number of pyridine rings is 1. The van der Waals surface area contributed by atoms with Crippen LogP contribution >= 0.6 is 24.4 Å². The van der Waals surface area contributed by atoms with Crippen molar-refractivity contribution in [3.8, 4) is 0 Å². The van der Waals surface area contributed by atoms with Crippen LogP contribution in [0.15, 0.2) is 49.8 Å². The summed E-state index contributed by atoms with van der Waals surface area (Å²) < 4.78 is 0. The van der Waals surface area contributed by atoms with Crippen LogP contribution in [0.3, 0.4) is 0 Å². The molecule has 31 heavy (non-hydrogen) atoms. The van der Waals surface area contributed by atoms with Crippen molar-refractivity contribution >= 4 is 58.3 Å². The van der Waals surface area contributed by atoms with Gasteiger partial charge in [0.2, 0.25) is 23.6 Å². The summed E-state index contributed by atoms with van der Waals surface area (Å²) in [6.07, 6.45) is 5.83. The summed E-state index contributed by atoms with van der Waals surface area (Å²) in [4.78, 5) is 58.7. The fourth-order valence-electron chi connectivity index (χ4n) is 3.66. The van der Waals surface area contributed by atoms with Gasteiger partial charge in [-0.2, -0.15) is 0 Å². The molecule has 0 radical (unpaired) electrons. The lowest BCUT2D eigenvalue weighted by atomic mass is 9.73. The van der Waals surface area contributed by atoms with E-state index in [0.717, 1.165) is 0 Å². The molecule has 0 spiro atoms. The molecule has 9 nitrogen and oxygen atoms in total. The van der Waals surface area contributed by atoms with Gasteiger partial charge in [-0.25, -0.2) is 0 Å². The van der Waals surface area contributed by atoms with Crippen molar-refractivity contribution in [2.45, 2.75) is 5.92 Å². The second-order valence-electron chi connectivity index (χ2n) is 6.83. The Morgan fingerprint density at radius 2 is 1.32 bits per heavy atom. The molecule has 0 aromatic carbocycles. The Morgan fingerprint density at radius 3 is 1.71 bits per heavy atom. The minimum atomic E-state index is -1.38. The maximum atomic E-state index is 13.3. The minimum absolute atomic E-state index is 0.0616. The van der Waals surface area contributed by atoms with Gasteiger partial charge >= 0.3 is 0 Å². The van der Waals surface area contributed by atoms with Crippen molar-refractivity contribution in [1.29, 1.82) is 0 Å². The molecule has 160 valence electrons. The van der Waals surface area contributed by atoms with Gasteiger partial charge in [-0.05, 0) is 42.1 Å². The summed E-state index contributed by atoms with van der Waals surface area (Å²) in [7, 11) is 0. The molecule has 0 aliphatic carbocycles. The summed E-state index contributed by atoms with van der Waals surface area (Å²) in [5.41, 5.74) is 0.426. The van der Waals surface area contributed by atoms with Gasteiger partial charge in [0.25, 0.3) is 0 Å². The number of carbonyl (C=O) groups is 4. The molecule has 1 aromatic rings. The number of hydrogen-bond acceptors (Lipinski definition) is 7. The number of amides is 4. The van der Waals surface area contributed by atoms with E-state index in [0.29, 0.717) is 5.56 Å². The average Bonchev–Trinajstić information content (AvgIpc) is 2.73. The highest BCUT2D eigenvalue weighted by atomic mass is 32.1. The van der Waals surface area contributed by atoms with Crippen LogP contribution in [0.2, 0.25) is 0 Å². The smallest absolute Gasteiger partial charge is 0.242 e. The molecule has 2 fully saturated rings. The molecule has 4 amide bonds. The molecule has 2 unspecified atom stereocenters. The van der Waals surface area contributed by atoms with E-state index in [2.05, 4.69) is 28.8 Å². The lowest BCUT2D eigenvalue weighted by Crippen LogP contribution is -2.64. The van der Waals surface area contributed by atoms with Gasteiger partial charge in [0.15, 0.2) is 10.2 Å². The quantitative estimate of drug-likeness (QED) is 0.343. The molecular weight excluding hydrogens is 438 g/mol. The topological polar surface area (TPSA) is 112 Å². The van der Waals surface area contributed by atoms with Crippen molar-refractivity contribution in [2.75, 3.05) is 13.1 Å². The summed E-state index contributed by atoms with van der Waals surface area (Å²) in [5.74, 6) is -6.52. The molecule has 0 saturated carbocycles. The number of carbonyl (C=O) groups excluding carboxylic acids is 4. The Bertz CT molecular complexity index is 937. The molecular formula is C20H19N5O4S2. The van der Waals surface area contributed by atoms with Crippen molar-refractivity contribution in [3.63, 3.8) is 0 Å².